The normalized spacial score (nSPS) is 19.9. The van der Waals surface area contributed by atoms with Crippen LogP contribution in [0.25, 0.3) is 0 Å². The molecule has 0 unspecified atom stereocenters. The van der Waals surface area contributed by atoms with E-state index >= 15 is 0 Å². The van der Waals surface area contributed by atoms with Crippen molar-refractivity contribution in [3.8, 4) is 0 Å². The Bertz CT molecular complexity index is 1990. The molecular weight excluding hydrogens is 727 g/mol. The van der Waals surface area contributed by atoms with Crippen molar-refractivity contribution in [1.82, 2.24) is 38.9 Å². The van der Waals surface area contributed by atoms with Gasteiger partial charge in [-0.3, -0.25) is 14.4 Å². The van der Waals surface area contributed by atoms with Crippen molar-refractivity contribution < 1.29 is 38.9 Å². The molecule has 0 aliphatic carbocycles. The average Bonchev–Trinajstić information content (AvgIpc) is 3.91. The fourth-order valence-corrected chi connectivity index (χ4v) is 8.01. The molecule has 4 atom stereocenters. The van der Waals surface area contributed by atoms with Gasteiger partial charge >= 0.3 is 17.9 Å². The molecule has 2 fully saturated rings. The van der Waals surface area contributed by atoms with Crippen LogP contribution in [0, 0.1) is 19.8 Å². The number of thiazole rings is 2. The molecule has 0 radical (unpaired) electrons. The molecule has 6 heterocycles. The Kier molecular flexibility index (Phi) is 11.5. The van der Waals surface area contributed by atoms with Gasteiger partial charge in [-0.1, -0.05) is 0 Å². The van der Waals surface area contributed by atoms with Crippen LogP contribution < -0.4 is 5.73 Å². The Morgan fingerprint density at radius 3 is 1.62 bits per heavy atom. The SMILES string of the molecule is Cc1nc(C(=O)N2C[C@H](CC(=O)OC(C)(C)C)C[C@H]2c2nc(C(=O)O)cs2)cn1C.Cc1nc(C(=O)N2C[C@H](N)C[C@H]2c2nc(C(=O)O)cs2)cn1C. The van der Waals surface area contributed by atoms with Crippen molar-refractivity contribution >= 4 is 52.4 Å². The fourth-order valence-electron chi connectivity index (χ4n) is 6.17. The first kappa shape index (κ1) is 39.2. The number of likely N-dealkylation sites (tertiary alicyclic amines) is 2. The van der Waals surface area contributed by atoms with Gasteiger partial charge in [0.05, 0.1) is 18.5 Å². The van der Waals surface area contributed by atoms with E-state index in [0.717, 1.165) is 5.82 Å². The van der Waals surface area contributed by atoms with Crippen molar-refractivity contribution in [1.29, 1.82) is 0 Å². The van der Waals surface area contributed by atoms with E-state index < -0.39 is 23.6 Å². The van der Waals surface area contributed by atoms with Crippen molar-refractivity contribution in [2.75, 3.05) is 13.1 Å². The molecule has 2 aliphatic heterocycles. The third-order valence-corrected chi connectivity index (χ3v) is 10.7. The van der Waals surface area contributed by atoms with Crippen LogP contribution in [0.1, 0.15) is 116 Å². The van der Waals surface area contributed by atoms with Crippen LogP contribution in [0.15, 0.2) is 23.2 Å². The third kappa shape index (κ3) is 9.14. The number of hydrogen-bond donors (Lipinski definition) is 3. The highest BCUT2D eigenvalue weighted by atomic mass is 32.1. The summed E-state index contributed by atoms with van der Waals surface area (Å²) in [5.41, 5.74) is 6.05. The number of nitrogens with zero attached hydrogens (tertiary/aromatic N) is 8. The summed E-state index contributed by atoms with van der Waals surface area (Å²) in [5.74, 6) is -1.64. The molecule has 0 bridgehead atoms. The van der Waals surface area contributed by atoms with E-state index in [4.69, 9.17) is 15.6 Å². The smallest absolute Gasteiger partial charge is 0.355 e. The number of ether oxygens (including phenoxy) is 1. The molecule has 4 aromatic heterocycles. The summed E-state index contributed by atoms with van der Waals surface area (Å²) in [6.45, 7) is 9.81. The minimum Gasteiger partial charge on any atom is -0.476 e. The molecule has 4 N–H and O–H groups in total. The molecule has 0 aromatic carbocycles. The van der Waals surface area contributed by atoms with Gasteiger partial charge in [0.25, 0.3) is 11.8 Å². The Hall–Kier alpha value is -5.01. The lowest BCUT2D eigenvalue weighted by Crippen LogP contribution is -2.33. The van der Waals surface area contributed by atoms with Gasteiger partial charge in [-0.2, -0.15) is 0 Å². The molecule has 2 aliphatic rings. The zero-order chi connectivity index (χ0) is 38.9. The number of carboxylic acid groups (broad SMARTS) is 2. The molecule has 284 valence electrons. The summed E-state index contributed by atoms with van der Waals surface area (Å²) in [7, 11) is 3.64. The second kappa shape index (κ2) is 15.5. The molecule has 53 heavy (non-hydrogen) atoms. The average molecular weight is 770 g/mol. The summed E-state index contributed by atoms with van der Waals surface area (Å²) < 4.78 is 8.97. The zero-order valence-electron chi connectivity index (χ0n) is 30.5. The first-order valence-corrected chi connectivity index (χ1v) is 18.5. The van der Waals surface area contributed by atoms with Crippen LogP contribution in [0.4, 0.5) is 0 Å². The van der Waals surface area contributed by atoms with Crippen LogP contribution in [-0.2, 0) is 23.6 Å². The second-order valence-electron chi connectivity index (χ2n) is 14.2. The lowest BCUT2D eigenvalue weighted by atomic mass is 10.0. The molecule has 17 nitrogen and oxygen atoms in total. The van der Waals surface area contributed by atoms with Gasteiger partial charge in [0.2, 0.25) is 0 Å². The van der Waals surface area contributed by atoms with Crippen LogP contribution >= 0.6 is 22.7 Å². The van der Waals surface area contributed by atoms with Crippen molar-refractivity contribution in [2.24, 2.45) is 25.7 Å². The maximum atomic E-state index is 13.2. The molecule has 19 heteroatoms. The largest absolute Gasteiger partial charge is 0.476 e. The quantitative estimate of drug-likeness (QED) is 0.218. The second-order valence-corrected chi connectivity index (χ2v) is 15.9. The molecule has 4 aromatic rings. The fraction of sp³-hybridized carbons (Fsp3) is 0.500. The standard InChI is InChI=1S/C20H26N4O5S.C14H17N5O3S/c1-11-21-13(9-23(11)5)18(26)24-8-12(7-16(25)29-20(2,3)4)6-15(24)17-22-14(10-30-17)19(27)28;1-7-16-9(5-18(7)2)13(20)19-4-8(15)3-11(19)12-17-10(6-23-12)14(21)22/h9-10,12,15H,6-8H2,1-5H3,(H,27,28);5-6,8,11H,3-4,15H2,1-2H3,(H,21,22)/t12-,15-;8-,11+/m01/s1. The van der Waals surface area contributed by atoms with Gasteiger partial charge in [0.1, 0.15) is 38.7 Å². The highest BCUT2D eigenvalue weighted by Crippen LogP contribution is 2.39. The summed E-state index contributed by atoms with van der Waals surface area (Å²) in [4.78, 5) is 80.7. The number of aryl methyl sites for hydroxylation is 4. The van der Waals surface area contributed by atoms with E-state index in [-0.39, 0.29) is 53.6 Å². The third-order valence-electron chi connectivity index (χ3n) is 8.83. The van der Waals surface area contributed by atoms with Crippen LogP contribution in [0.5, 0.6) is 0 Å². The summed E-state index contributed by atoms with van der Waals surface area (Å²) in [6, 6.07) is -0.880. The van der Waals surface area contributed by atoms with Crippen LogP contribution in [0.3, 0.4) is 0 Å². The van der Waals surface area contributed by atoms with Gasteiger partial charge in [-0.25, -0.2) is 29.5 Å². The number of amides is 2. The Labute approximate surface area is 313 Å². The Morgan fingerprint density at radius 1 is 0.774 bits per heavy atom. The van der Waals surface area contributed by atoms with Gasteiger partial charge in [0, 0.05) is 56.4 Å². The van der Waals surface area contributed by atoms with Gasteiger partial charge in [0.15, 0.2) is 11.4 Å². The van der Waals surface area contributed by atoms with Crippen LogP contribution in [0.2, 0.25) is 0 Å². The maximum absolute atomic E-state index is 13.2. The molecule has 0 spiro atoms. The number of carbonyl (C=O) groups excluding carboxylic acids is 3. The van der Waals surface area contributed by atoms with Gasteiger partial charge in [-0.15, -0.1) is 22.7 Å². The molecule has 2 amide bonds. The lowest BCUT2D eigenvalue weighted by Gasteiger charge is -2.22. The Morgan fingerprint density at radius 2 is 1.23 bits per heavy atom. The summed E-state index contributed by atoms with van der Waals surface area (Å²) in [5, 5.41) is 22.3. The number of hydrogen-bond acceptors (Lipinski definition) is 13. The molecule has 6 rings (SSSR count). The minimum atomic E-state index is -1.11. The number of aromatic carboxylic acids is 2. The monoisotopic (exact) mass is 769 g/mol. The topological polar surface area (TPSA) is 229 Å². The van der Waals surface area contributed by atoms with Crippen LogP contribution in [-0.4, -0.2) is 104 Å². The van der Waals surface area contributed by atoms with E-state index in [2.05, 4.69) is 19.9 Å². The predicted molar refractivity (Wildman–Crippen MR) is 193 cm³/mol. The molecule has 2 saturated heterocycles. The summed E-state index contributed by atoms with van der Waals surface area (Å²) >= 11 is 2.44. The molecule has 0 saturated carbocycles. The van der Waals surface area contributed by atoms with Gasteiger partial charge < -0.3 is 39.6 Å². The van der Waals surface area contributed by atoms with Gasteiger partial charge in [-0.05, 0) is 53.4 Å². The van der Waals surface area contributed by atoms with E-state index in [0.29, 0.717) is 53.2 Å². The number of esters is 1. The number of aromatic nitrogens is 6. The molecular formula is C34H43N9O8S2. The Balaban J connectivity index is 0.000000211. The zero-order valence-corrected chi connectivity index (χ0v) is 32.1. The van der Waals surface area contributed by atoms with Crippen molar-refractivity contribution in [3.63, 3.8) is 0 Å². The van der Waals surface area contributed by atoms with E-state index in [1.165, 1.54) is 33.4 Å². The van der Waals surface area contributed by atoms with E-state index in [1.54, 1.807) is 31.3 Å². The summed E-state index contributed by atoms with van der Waals surface area (Å²) in [6.07, 6.45) is 4.59. The minimum absolute atomic E-state index is 0.00782. The number of carboxylic acids is 2. The maximum Gasteiger partial charge on any atom is 0.355 e. The highest BCUT2D eigenvalue weighted by Gasteiger charge is 2.41. The highest BCUT2D eigenvalue weighted by molar-refractivity contribution is 7.10. The number of imidazole rings is 2. The van der Waals surface area contributed by atoms with Crippen molar-refractivity contribution in [3.05, 3.63) is 67.6 Å². The lowest BCUT2D eigenvalue weighted by molar-refractivity contribution is -0.155. The first-order chi connectivity index (χ1) is 24.8. The number of nitrogens with two attached hydrogens (primary N) is 1. The number of rotatable bonds is 8. The predicted octanol–water partition coefficient (Wildman–Crippen LogP) is 3.62. The van der Waals surface area contributed by atoms with Crippen molar-refractivity contribution in [2.45, 2.75) is 77.6 Å². The van der Waals surface area contributed by atoms with E-state index in [9.17, 15) is 29.1 Å². The first-order valence-electron chi connectivity index (χ1n) is 16.8. The van der Waals surface area contributed by atoms with E-state index in [1.807, 2.05) is 48.7 Å². The number of carbonyl (C=O) groups is 5.